The van der Waals surface area contributed by atoms with Crippen LogP contribution >= 0.6 is 11.3 Å². The number of carbonyl (C=O) groups is 1. The molecule has 0 aromatic carbocycles. The number of amides is 2. The van der Waals surface area contributed by atoms with Crippen molar-refractivity contribution in [2.24, 2.45) is 5.92 Å². The van der Waals surface area contributed by atoms with Gasteiger partial charge in [0.1, 0.15) is 0 Å². The molecule has 0 aliphatic carbocycles. The van der Waals surface area contributed by atoms with Gasteiger partial charge in [-0.15, -0.1) is 11.3 Å². The fourth-order valence-electron chi connectivity index (χ4n) is 3.89. The number of carbonyl (C=O) groups excluding carboxylic acids is 1. The van der Waals surface area contributed by atoms with Crippen molar-refractivity contribution in [3.8, 4) is 0 Å². The van der Waals surface area contributed by atoms with Crippen LogP contribution in [0, 0.1) is 12.8 Å². The quantitative estimate of drug-likeness (QED) is 0.860. The second-order valence-electron chi connectivity index (χ2n) is 6.93. The van der Waals surface area contributed by atoms with Crippen molar-refractivity contribution in [1.29, 1.82) is 0 Å². The molecule has 3 rings (SSSR count). The van der Waals surface area contributed by atoms with Crippen LogP contribution in [-0.2, 0) is 6.42 Å². The van der Waals surface area contributed by atoms with E-state index in [1.165, 1.54) is 11.4 Å². The van der Waals surface area contributed by atoms with E-state index in [2.05, 4.69) is 32.5 Å². The summed E-state index contributed by atoms with van der Waals surface area (Å²) in [6.07, 6.45) is 5.44. The molecule has 1 N–H and O–H groups in total. The Morgan fingerprint density at radius 1 is 1.43 bits per heavy atom. The number of aromatic nitrogens is 1. The average molecular weight is 337 g/mol. The molecule has 2 fully saturated rings. The second kappa shape index (κ2) is 7.62. The third-order valence-electron chi connectivity index (χ3n) is 5.04. The van der Waals surface area contributed by atoms with Gasteiger partial charge in [-0.1, -0.05) is 0 Å². The Morgan fingerprint density at radius 3 is 3.09 bits per heavy atom. The van der Waals surface area contributed by atoms with Gasteiger partial charge in [-0.2, -0.15) is 0 Å². The van der Waals surface area contributed by atoms with Crippen molar-refractivity contribution in [2.45, 2.75) is 45.1 Å². The Hall–Kier alpha value is -1.14. The number of thiazole rings is 1. The first-order valence-electron chi connectivity index (χ1n) is 8.77. The van der Waals surface area contributed by atoms with Crippen LogP contribution in [0.4, 0.5) is 4.79 Å². The van der Waals surface area contributed by atoms with Gasteiger partial charge in [0.15, 0.2) is 0 Å². The van der Waals surface area contributed by atoms with Crippen LogP contribution in [0.15, 0.2) is 5.38 Å². The zero-order valence-electron chi connectivity index (χ0n) is 14.3. The molecule has 1 aromatic rings. The van der Waals surface area contributed by atoms with Crippen molar-refractivity contribution in [1.82, 2.24) is 20.1 Å². The van der Waals surface area contributed by atoms with Gasteiger partial charge in [-0.25, -0.2) is 9.78 Å². The van der Waals surface area contributed by atoms with Gasteiger partial charge in [-0.3, -0.25) is 0 Å². The lowest BCUT2D eigenvalue weighted by molar-refractivity contribution is 0.0534. The summed E-state index contributed by atoms with van der Waals surface area (Å²) in [5, 5.41) is 6.38. The number of aryl methyl sites for hydroxylation is 2. The van der Waals surface area contributed by atoms with E-state index in [0.29, 0.717) is 12.0 Å². The summed E-state index contributed by atoms with van der Waals surface area (Å²) in [6.45, 7) is 5.93. The molecule has 1 aromatic heterocycles. The summed E-state index contributed by atoms with van der Waals surface area (Å²) in [4.78, 5) is 21.5. The van der Waals surface area contributed by atoms with Crippen molar-refractivity contribution < 1.29 is 4.79 Å². The maximum Gasteiger partial charge on any atom is 0.317 e. The molecule has 128 valence electrons. The molecule has 0 bridgehead atoms. The van der Waals surface area contributed by atoms with Crippen LogP contribution in [0.25, 0.3) is 0 Å². The molecule has 0 spiro atoms. The SMILES string of the molecule is Cc1csc(CCCNC(=O)N2CCCC3CN(C)CCC32)n1. The standard InChI is InChI=1S/C17H28N4OS/c1-13-12-23-16(19-13)6-3-8-18-17(22)21-9-4-5-14-11-20(2)10-7-15(14)21/h12,14-15H,3-11H2,1-2H3,(H,18,22). The lowest BCUT2D eigenvalue weighted by Crippen LogP contribution is -2.57. The summed E-state index contributed by atoms with van der Waals surface area (Å²) in [5.41, 5.74) is 1.09. The summed E-state index contributed by atoms with van der Waals surface area (Å²) in [5.74, 6) is 0.659. The predicted octanol–water partition coefficient (Wildman–Crippen LogP) is 2.51. The Labute approximate surface area is 143 Å². The zero-order chi connectivity index (χ0) is 16.2. The van der Waals surface area contributed by atoms with Crippen molar-refractivity contribution in [3.63, 3.8) is 0 Å². The highest BCUT2D eigenvalue weighted by atomic mass is 32.1. The lowest BCUT2D eigenvalue weighted by atomic mass is 9.84. The van der Waals surface area contributed by atoms with E-state index >= 15 is 0 Å². The first-order chi connectivity index (χ1) is 11.1. The maximum atomic E-state index is 12.5. The minimum absolute atomic E-state index is 0.138. The number of piperidine rings is 2. The minimum Gasteiger partial charge on any atom is -0.338 e. The Kier molecular flexibility index (Phi) is 5.54. The van der Waals surface area contributed by atoms with Gasteiger partial charge < -0.3 is 15.1 Å². The maximum absolute atomic E-state index is 12.5. The van der Waals surface area contributed by atoms with Crippen LogP contribution in [0.3, 0.4) is 0 Å². The molecule has 2 saturated heterocycles. The molecule has 2 aliphatic heterocycles. The largest absolute Gasteiger partial charge is 0.338 e. The molecule has 3 heterocycles. The monoisotopic (exact) mass is 336 g/mol. The van der Waals surface area contributed by atoms with Crippen LogP contribution < -0.4 is 5.32 Å². The van der Waals surface area contributed by atoms with E-state index in [1.54, 1.807) is 11.3 Å². The van der Waals surface area contributed by atoms with Crippen molar-refractivity contribution in [2.75, 3.05) is 33.2 Å². The molecule has 2 atom stereocenters. The third kappa shape index (κ3) is 4.23. The number of fused-ring (bicyclic) bond motifs is 1. The summed E-state index contributed by atoms with van der Waals surface area (Å²) in [6, 6.07) is 0.584. The van der Waals surface area contributed by atoms with Gasteiger partial charge in [0.05, 0.1) is 5.01 Å². The van der Waals surface area contributed by atoms with Crippen molar-refractivity contribution in [3.05, 3.63) is 16.1 Å². The molecule has 0 saturated carbocycles. The van der Waals surface area contributed by atoms with Gasteiger partial charge in [0.25, 0.3) is 0 Å². The molecule has 2 aliphatic rings. The number of hydrogen-bond donors (Lipinski definition) is 1. The van der Waals surface area contributed by atoms with Gasteiger partial charge in [0, 0.05) is 43.2 Å². The first-order valence-corrected chi connectivity index (χ1v) is 9.65. The normalized spacial score (nSPS) is 25.2. The van der Waals surface area contributed by atoms with E-state index in [0.717, 1.165) is 57.6 Å². The molecule has 2 unspecified atom stereocenters. The minimum atomic E-state index is 0.138. The fourth-order valence-corrected chi connectivity index (χ4v) is 4.71. The Bertz CT molecular complexity index is 532. The Balaban J connectivity index is 1.44. The van der Waals surface area contributed by atoms with E-state index in [9.17, 15) is 4.79 Å². The number of nitrogens with zero attached hydrogens (tertiary/aromatic N) is 3. The average Bonchev–Trinajstić information content (AvgIpc) is 2.96. The molecule has 6 heteroatoms. The van der Waals surface area contributed by atoms with Gasteiger partial charge in [0.2, 0.25) is 0 Å². The van der Waals surface area contributed by atoms with Crippen LogP contribution in [-0.4, -0.2) is 60.1 Å². The number of rotatable bonds is 4. The van der Waals surface area contributed by atoms with E-state index in [-0.39, 0.29) is 6.03 Å². The topological polar surface area (TPSA) is 48.5 Å². The first kappa shape index (κ1) is 16.7. The second-order valence-corrected chi connectivity index (χ2v) is 7.87. The summed E-state index contributed by atoms with van der Waals surface area (Å²) < 4.78 is 0. The van der Waals surface area contributed by atoms with Crippen LogP contribution in [0.2, 0.25) is 0 Å². The number of hydrogen-bond acceptors (Lipinski definition) is 4. The summed E-state index contributed by atoms with van der Waals surface area (Å²) in [7, 11) is 2.19. The highest BCUT2D eigenvalue weighted by molar-refractivity contribution is 7.09. The molecular formula is C17H28N4OS. The molecule has 0 radical (unpaired) electrons. The molecule has 23 heavy (non-hydrogen) atoms. The van der Waals surface area contributed by atoms with Crippen LogP contribution in [0.5, 0.6) is 0 Å². The smallest absolute Gasteiger partial charge is 0.317 e. The van der Waals surface area contributed by atoms with Gasteiger partial charge in [-0.05, 0) is 52.1 Å². The third-order valence-corrected chi connectivity index (χ3v) is 6.07. The number of nitrogens with one attached hydrogen (secondary N) is 1. The molecule has 2 amide bonds. The van der Waals surface area contributed by atoms with Crippen molar-refractivity contribution >= 4 is 17.4 Å². The fraction of sp³-hybridized carbons (Fsp3) is 0.765. The predicted molar refractivity (Wildman–Crippen MR) is 93.9 cm³/mol. The highest BCUT2D eigenvalue weighted by Gasteiger charge is 2.37. The molecule has 5 nitrogen and oxygen atoms in total. The highest BCUT2D eigenvalue weighted by Crippen LogP contribution is 2.30. The van der Waals surface area contributed by atoms with Gasteiger partial charge >= 0.3 is 6.03 Å². The zero-order valence-corrected chi connectivity index (χ0v) is 15.1. The lowest BCUT2D eigenvalue weighted by Gasteiger charge is -2.46. The Morgan fingerprint density at radius 2 is 2.30 bits per heavy atom. The summed E-state index contributed by atoms with van der Waals surface area (Å²) >= 11 is 1.71. The molecular weight excluding hydrogens is 308 g/mol. The van der Waals surface area contributed by atoms with E-state index in [1.807, 2.05) is 6.92 Å². The van der Waals surface area contributed by atoms with E-state index in [4.69, 9.17) is 0 Å². The van der Waals surface area contributed by atoms with Crippen LogP contribution in [0.1, 0.15) is 36.4 Å². The number of urea groups is 1. The number of likely N-dealkylation sites (tertiary alicyclic amines) is 2. The van der Waals surface area contributed by atoms with E-state index < -0.39 is 0 Å².